The molecule has 11 nitrogen and oxygen atoms in total. The predicted octanol–water partition coefficient (Wildman–Crippen LogP) is 2.56. The van der Waals surface area contributed by atoms with Gasteiger partial charge in [-0.25, -0.2) is 29.4 Å². The Morgan fingerprint density at radius 1 is 1.00 bits per heavy atom. The smallest absolute Gasteiger partial charge is 0.413 e. The minimum atomic E-state index is -1.21. The van der Waals surface area contributed by atoms with Crippen LogP contribution in [0.3, 0.4) is 0 Å². The van der Waals surface area contributed by atoms with Crippen LogP contribution < -0.4 is 22.2 Å². The number of carbonyl (C=O) groups excluding carboxylic acids is 2. The number of amides is 2. The summed E-state index contributed by atoms with van der Waals surface area (Å²) in [6.07, 6.45) is 0.162. The highest BCUT2D eigenvalue weighted by Gasteiger charge is 2.21. The number of hydrazine groups is 1. The number of hydrogen-bond acceptors (Lipinski definition) is 9. The Bertz CT molecular complexity index is 1350. The molecule has 0 aliphatic heterocycles. The SMILES string of the molecule is C[C@@H](OC(=O)N/C(=C(/N)c1ccc(NC(=O)c2cc(F)cnc2F)cn1)N(C)N)c1cc(F)cnc1F. The third kappa shape index (κ3) is 6.66. The summed E-state index contributed by atoms with van der Waals surface area (Å²) >= 11 is 0. The number of nitrogens with two attached hydrogens (primary N) is 2. The summed E-state index contributed by atoms with van der Waals surface area (Å²) in [4.78, 5) is 35.0. The first-order chi connectivity index (χ1) is 17.5. The minimum absolute atomic E-state index is 0.0950. The molecule has 0 bridgehead atoms. The Hall–Kier alpha value is -4.79. The van der Waals surface area contributed by atoms with E-state index in [1.54, 1.807) is 0 Å². The summed E-state index contributed by atoms with van der Waals surface area (Å²) in [5.74, 6) is 0.738. The molecule has 2 amide bonds. The number of carbonyl (C=O) groups is 2. The van der Waals surface area contributed by atoms with Crippen LogP contribution in [-0.2, 0) is 4.74 Å². The maximum Gasteiger partial charge on any atom is 0.413 e. The van der Waals surface area contributed by atoms with Crippen LogP contribution in [0.2, 0.25) is 0 Å². The zero-order chi connectivity index (χ0) is 27.3. The van der Waals surface area contributed by atoms with Gasteiger partial charge < -0.3 is 15.8 Å². The Morgan fingerprint density at radius 2 is 1.65 bits per heavy atom. The number of pyridine rings is 3. The number of anilines is 1. The van der Waals surface area contributed by atoms with E-state index < -0.39 is 47.2 Å². The molecular formula is C22H20F4N8O3. The first-order valence-corrected chi connectivity index (χ1v) is 10.3. The van der Waals surface area contributed by atoms with Crippen LogP contribution in [0.15, 0.2) is 48.7 Å². The van der Waals surface area contributed by atoms with E-state index >= 15 is 0 Å². The Kier molecular flexibility index (Phi) is 8.19. The number of aromatic nitrogens is 3. The molecule has 3 rings (SSSR count). The lowest BCUT2D eigenvalue weighted by Gasteiger charge is -2.21. The molecule has 3 heterocycles. The van der Waals surface area contributed by atoms with Gasteiger partial charge in [0.15, 0.2) is 5.82 Å². The molecule has 0 aliphatic carbocycles. The molecule has 3 aromatic rings. The van der Waals surface area contributed by atoms with Crippen LogP contribution in [0.1, 0.15) is 34.6 Å². The monoisotopic (exact) mass is 520 g/mol. The normalized spacial score (nSPS) is 12.3. The standard InChI is InChI=1S/C22H20F4N8O3/c1-10(14-5-11(23)7-30-18(14)25)37-22(36)33-20(34(2)28)17(27)16-4-3-13(9-29-16)32-21(35)15-6-12(24)8-31-19(15)26/h3-10H,27-28H2,1-2H3,(H,32,35)(H,33,36)/b20-17-/t10-/m1/s1. The highest BCUT2D eigenvalue weighted by molar-refractivity contribution is 6.04. The molecule has 1 atom stereocenters. The number of alkyl carbamates (subject to hydrolysis) is 1. The van der Waals surface area contributed by atoms with Crippen LogP contribution in [0, 0.1) is 23.5 Å². The van der Waals surface area contributed by atoms with E-state index in [1.807, 2.05) is 0 Å². The van der Waals surface area contributed by atoms with Gasteiger partial charge in [-0.2, -0.15) is 8.78 Å². The average Bonchev–Trinajstić information content (AvgIpc) is 2.85. The van der Waals surface area contributed by atoms with Crippen molar-refractivity contribution in [2.75, 3.05) is 12.4 Å². The first kappa shape index (κ1) is 26.8. The summed E-state index contributed by atoms with van der Waals surface area (Å²) in [6, 6.07) is 4.22. The van der Waals surface area contributed by atoms with Crippen molar-refractivity contribution >= 4 is 23.4 Å². The van der Waals surface area contributed by atoms with Crippen molar-refractivity contribution in [3.05, 3.63) is 89.0 Å². The lowest BCUT2D eigenvalue weighted by molar-refractivity contribution is 0.101. The number of halogens is 4. The molecule has 0 aromatic carbocycles. The Balaban J connectivity index is 1.73. The molecule has 15 heteroatoms. The van der Waals surface area contributed by atoms with Crippen molar-refractivity contribution in [2.24, 2.45) is 11.6 Å². The second-order valence-electron chi connectivity index (χ2n) is 7.46. The third-order valence-corrected chi connectivity index (χ3v) is 4.73. The molecule has 0 fully saturated rings. The molecular weight excluding hydrogens is 500 g/mol. The van der Waals surface area contributed by atoms with Gasteiger partial charge in [-0.15, -0.1) is 0 Å². The van der Waals surface area contributed by atoms with Gasteiger partial charge in [0.05, 0.1) is 41.1 Å². The highest BCUT2D eigenvalue weighted by Crippen LogP contribution is 2.21. The largest absolute Gasteiger partial charge is 0.441 e. The van der Waals surface area contributed by atoms with E-state index in [0.29, 0.717) is 18.5 Å². The fourth-order valence-electron chi connectivity index (χ4n) is 2.95. The molecule has 0 radical (unpaired) electrons. The Morgan fingerprint density at radius 3 is 2.27 bits per heavy atom. The van der Waals surface area contributed by atoms with Crippen LogP contribution in [-0.4, -0.2) is 39.0 Å². The number of hydrogen-bond donors (Lipinski definition) is 4. The molecule has 0 unspecified atom stereocenters. The molecule has 0 saturated heterocycles. The van der Waals surface area contributed by atoms with Gasteiger partial charge in [0.2, 0.25) is 11.9 Å². The van der Waals surface area contributed by atoms with Gasteiger partial charge in [0.25, 0.3) is 5.91 Å². The van der Waals surface area contributed by atoms with Crippen LogP contribution in [0.4, 0.5) is 28.0 Å². The summed E-state index contributed by atoms with van der Waals surface area (Å²) in [5.41, 5.74) is 5.25. The minimum Gasteiger partial charge on any atom is -0.441 e. The molecule has 37 heavy (non-hydrogen) atoms. The van der Waals surface area contributed by atoms with Gasteiger partial charge in [0.1, 0.15) is 23.4 Å². The summed E-state index contributed by atoms with van der Waals surface area (Å²) < 4.78 is 59.3. The molecule has 0 saturated carbocycles. The third-order valence-electron chi connectivity index (χ3n) is 4.73. The van der Waals surface area contributed by atoms with Crippen molar-refractivity contribution in [1.29, 1.82) is 0 Å². The van der Waals surface area contributed by atoms with Crippen molar-refractivity contribution in [2.45, 2.75) is 13.0 Å². The van der Waals surface area contributed by atoms with Gasteiger partial charge in [-0.1, -0.05) is 0 Å². The van der Waals surface area contributed by atoms with E-state index in [-0.39, 0.29) is 28.5 Å². The van der Waals surface area contributed by atoms with E-state index in [9.17, 15) is 27.2 Å². The zero-order valence-corrected chi connectivity index (χ0v) is 19.3. The van der Waals surface area contributed by atoms with E-state index in [1.165, 1.54) is 32.3 Å². The second kappa shape index (κ2) is 11.3. The number of rotatable bonds is 7. The predicted molar refractivity (Wildman–Crippen MR) is 122 cm³/mol. The highest BCUT2D eigenvalue weighted by atomic mass is 19.1. The summed E-state index contributed by atoms with van der Waals surface area (Å²) in [6.45, 7) is 1.30. The molecule has 6 N–H and O–H groups in total. The second-order valence-corrected chi connectivity index (χ2v) is 7.46. The van der Waals surface area contributed by atoms with Crippen molar-refractivity contribution in [3.8, 4) is 0 Å². The van der Waals surface area contributed by atoms with Crippen LogP contribution in [0.5, 0.6) is 0 Å². The van der Waals surface area contributed by atoms with Crippen LogP contribution >= 0.6 is 0 Å². The zero-order valence-electron chi connectivity index (χ0n) is 19.3. The lowest BCUT2D eigenvalue weighted by atomic mass is 10.2. The van der Waals surface area contributed by atoms with Gasteiger partial charge in [0, 0.05) is 7.05 Å². The van der Waals surface area contributed by atoms with Gasteiger partial charge >= 0.3 is 6.09 Å². The number of nitrogens with one attached hydrogen (secondary N) is 2. The maximum absolute atomic E-state index is 13.8. The lowest BCUT2D eigenvalue weighted by Crippen LogP contribution is -2.39. The molecule has 0 spiro atoms. The summed E-state index contributed by atoms with van der Waals surface area (Å²) in [5, 5.41) is 5.57. The van der Waals surface area contributed by atoms with E-state index in [2.05, 4.69) is 25.6 Å². The Labute approximate surface area is 207 Å². The van der Waals surface area contributed by atoms with Gasteiger partial charge in [-0.3, -0.25) is 20.1 Å². The first-order valence-electron chi connectivity index (χ1n) is 10.3. The molecule has 194 valence electrons. The summed E-state index contributed by atoms with van der Waals surface area (Å²) in [7, 11) is 1.35. The average molecular weight is 520 g/mol. The molecule has 3 aromatic heterocycles. The quantitative estimate of drug-likeness (QED) is 0.159. The van der Waals surface area contributed by atoms with Crippen molar-refractivity contribution in [3.63, 3.8) is 0 Å². The fraction of sp³-hybridized carbons (Fsp3) is 0.136. The topological polar surface area (TPSA) is 161 Å². The van der Waals surface area contributed by atoms with Gasteiger partial charge in [-0.05, 0) is 31.2 Å². The van der Waals surface area contributed by atoms with Crippen molar-refractivity contribution in [1.82, 2.24) is 25.3 Å². The van der Waals surface area contributed by atoms with Crippen LogP contribution in [0.25, 0.3) is 5.70 Å². The maximum atomic E-state index is 13.8. The van der Waals surface area contributed by atoms with Crippen molar-refractivity contribution < 1.29 is 31.9 Å². The number of ether oxygens (including phenoxy) is 1. The molecule has 0 aliphatic rings. The van der Waals surface area contributed by atoms with E-state index in [0.717, 1.165) is 11.1 Å². The van der Waals surface area contributed by atoms with E-state index in [4.69, 9.17) is 16.3 Å². The number of nitrogens with zero attached hydrogens (tertiary/aromatic N) is 4. The fourth-order valence-corrected chi connectivity index (χ4v) is 2.95.